The Morgan fingerprint density at radius 3 is 2.25 bits per heavy atom. The third-order valence-electron chi connectivity index (χ3n) is 16.9. The van der Waals surface area contributed by atoms with Gasteiger partial charge in [0.2, 0.25) is 0 Å². The summed E-state index contributed by atoms with van der Waals surface area (Å²) in [7, 11) is 0. The van der Waals surface area contributed by atoms with Crippen LogP contribution in [0.15, 0.2) is 36.0 Å². The summed E-state index contributed by atoms with van der Waals surface area (Å²) in [4.78, 5) is 2.49. The largest absolute Gasteiger partial charge is 0.379 e. The molecule has 0 aromatic carbocycles. The van der Waals surface area contributed by atoms with Crippen LogP contribution in [0.3, 0.4) is 0 Å². The fraction of sp³-hybridized carbons (Fsp3) is 0.893. The average molecular weight is 850 g/mol. The Hall–Kier alpha value is -0.980. The van der Waals surface area contributed by atoms with E-state index >= 15 is 0 Å². The van der Waals surface area contributed by atoms with Gasteiger partial charge in [-0.3, -0.25) is 4.90 Å². The van der Waals surface area contributed by atoms with Crippen molar-refractivity contribution in [2.75, 3.05) is 59.3 Å². The first-order chi connectivity index (χ1) is 29.7. The summed E-state index contributed by atoms with van der Waals surface area (Å²) in [5.74, 6) is 5.41. The molecule has 5 heteroatoms. The molecule has 5 rings (SSSR count). The first-order valence-corrected chi connectivity index (χ1v) is 26.8. The minimum atomic E-state index is 0.132. The lowest BCUT2D eigenvalue weighted by molar-refractivity contribution is -0.0654. The molecule has 9 atom stereocenters. The van der Waals surface area contributed by atoms with Gasteiger partial charge in [0.05, 0.1) is 32.0 Å². The maximum Gasteiger partial charge on any atom is 0.0934 e. The number of morpholine rings is 1. The molecule has 0 aromatic rings. The number of nitrogens with zero attached hydrogens (tertiary/aromatic N) is 1. The maximum absolute atomic E-state index is 6.64. The number of allylic oxidation sites excluding steroid dienone is 5. The molecule has 3 saturated carbocycles. The van der Waals surface area contributed by atoms with Gasteiger partial charge in [-0.2, -0.15) is 0 Å². The van der Waals surface area contributed by atoms with Crippen molar-refractivity contribution in [2.24, 2.45) is 46.3 Å². The zero-order chi connectivity index (χ0) is 43.2. The van der Waals surface area contributed by atoms with Gasteiger partial charge in [-0.05, 0) is 149 Å². The van der Waals surface area contributed by atoms with Gasteiger partial charge in [0, 0.05) is 39.5 Å². The predicted octanol–water partition coefficient (Wildman–Crippen LogP) is 14.7. The van der Waals surface area contributed by atoms with E-state index in [1.165, 1.54) is 135 Å². The van der Waals surface area contributed by atoms with Crippen LogP contribution in [0.5, 0.6) is 0 Å². The maximum atomic E-state index is 6.64. The zero-order valence-corrected chi connectivity index (χ0v) is 41.1. The van der Waals surface area contributed by atoms with Gasteiger partial charge >= 0.3 is 0 Å². The topological polar surface area (TPSA) is 40.2 Å². The minimum Gasteiger partial charge on any atom is -0.379 e. The highest BCUT2D eigenvalue weighted by Crippen LogP contribution is 2.67. The molecule has 5 nitrogen and oxygen atoms in total. The number of rotatable bonds is 31. The Morgan fingerprint density at radius 1 is 0.754 bits per heavy atom. The standard InChI is InChI=1S/C56H99NO4/c1-7-8-9-10-11-12-13-14-15-16-17-18-19-20-21-22-38-59-45-50(44-57-36-41-58-42-37-57)61-40-24-23-39-60-49-32-34-55(5)48(43-49)28-29-51-53-31-30-52(47(4)27-25-26-46(2)3)56(53,6)35-33-54(51)55/h11-12,14-15,28,46-47,49-54H,7-10,13,16-27,29-45H2,1-6H3/t47-,49+,50?,51?,52-,53?,54?,55+,56-/m1/s1. The third kappa shape index (κ3) is 16.4. The lowest BCUT2D eigenvalue weighted by Crippen LogP contribution is -2.51. The highest BCUT2D eigenvalue weighted by atomic mass is 16.5. The second-order valence-corrected chi connectivity index (χ2v) is 21.8. The van der Waals surface area contributed by atoms with Crippen molar-refractivity contribution in [3.8, 4) is 0 Å². The summed E-state index contributed by atoms with van der Waals surface area (Å²) in [6, 6.07) is 0. The SMILES string of the molecule is CCCCCC=CCC=CCCCCCCCCOCC(CN1CCOCC1)OCCCCO[C@H]1CC[C@@]2(C)C(=CCC3C2CC[C@@]2(C)C3CC[C@@H]2[C@H](C)CCCC(C)C)C1. The minimum absolute atomic E-state index is 0.132. The molecule has 0 bridgehead atoms. The van der Waals surface area contributed by atoms with Crippen molar-refractivity contribution in [3.05, 3.63) is 36.0 Å². The number of unbranched alkanes of at least 4 members (excludes halogenated alkanes) is 10. The van der Waals surface area contributed by atoms with Crippen molar-refractivity contribution in [1.82, 2.24) is 4.90 Å². The lowest BCUT2D eigenvalue weighted by Gasteiger charge is -2.58. The van der Waals surface area contributed by atoms with Gasteiger partial charge in [0.1, 0.15) is 0 Å². The molecule has 1 heterocycles. The fourth-order valence-electron chi connectivity index (χ4n) is 13.1. The summed E-state index contributed by atoms with van der Waals surface area (Å²) in [5, 5.41) is 0. The molecule has 5 aliphatic rings. The Bertz CT molecular complexity index is 1250. The van der Waals surface area contributed by atoms with Crippen LogP contribution in [0.4, 0.5) is 0 Å². The van der Waals surface area contributed by atoms with Crippen molar-refractivity contribution in [2.45, 2.75) is 214 Å². The van der Waals surface area contributed by atoms with Crippen molar-refractivity contribution in [1.29, 1.82) is 0 Å². The number of fused-ring (bicyclic) bond motifs is 5. The van der Waals surface area contributed by atoms with E-state index < -0.39 is 0 Å². The highest BCUT2D eigenvalue weighted by Gasteiger charge is 2.59. The molecule has 1 aliphatic heterocycles. The second-order valence-electron chi connectivity index (χ2n) is 21.8. The van der Waals surface area contributed by atoms with Gasteiger partial charge < -0.3 is 18.9 Å². The van der Waals surface area contributed by atoms with Gasteiger partial charge in [-0.15, -0.1) is 0 Å². The third-order valence-corrected chi connectivity index (χ3v) is 16.9. The Balaban J connectivity index is 0.927. The molecule has 4 aliphatic carbocycles. The van der Waals surface area contributed by atoms with Gasteiger partial charge in [-0.25, -0.2) is 0 Å². The molecule has 352 valence electrons. The molecule has 0 spiro atoms. The quantitative estimate of drug-likeness (QED) is 0.0513. The molecular formula is C56H99NO4. The highest BCUT2D eigenvalue weighted by molar-refractivity contribution is 5.25. The lowest BCUT2D eigenvalue weighted by atomic mass is 9.47. The second kappa shape index (κ2) is 28.1. The average Bonchev–Trinajstić information content (AvgIpc) is 3.62. The van der Waals surface area contributed by atoms with Gasteiger partial charge in [0.25, 0.3) is 0 Å². The summed E-state index contributed by atoms with van der Waals surface area (Å²) in [6.45, 7) is 22.9. The number of hydrogen-bond donors (Lipinski definition) is 0. The Kier molecular flexibility index (Phi) is 23.5. The normalized spacial score (nSPS) is 30.5. The molecule has 4 unspecified atom stereocenters. The van der Waals surface area contributed by atoms with E-state index in [-0.39, 0.29) is 6.10 Å². The first-order valence-electron chi connectivity index (χ1n) is 26.8. The van der Waals surface area contributed by atoms with Crippen LogP contribution in [-0.4, -0.2) is 76.4 Å². The molecule has 61 heavy (non-hydrogen) atoms. The van der Waals surface area contributed by atoms with Crippen LogP contribution in [0.1, 0.15) is 202 Å². The van der Waals surface area contributed by atoms with E-state index in [1.807, 2.05) is 0 Å². The number of hydrogen-bond acceptors (Lipinski definition) is 5. The molecule has 0 aromatic heterocycles. The molecule has 4 fully saturated rings. The Morgan fingerprint density at radius 2 is 1.48 bits per heavy atom. The van der Waals surface area contributed by atoms with Crippen molar-refractivity contribution >= 4 is 0 Å². The van der Waals surface area contributed by atoms with Crippen molar-refractivity contribution in [3.63, 3.8) is 0 Å². The van der Waals surface area contributed by atoms with Crippen molar-refractivity contribution < 1.29 is 18.9 Å². The number of ether oxygens (including phenoxy) is 4. The van der Waals surface area contributed by atoms with E-state index in [9.17, 15) is 0 Å². The van der Waals surface area contributed by atoms with E-state index in [0.29, 0.717) is 23.5 Å². The summed E-state index contributed by atoms with van der Waals surface area (Å²) in [5.41, 5.74) is 2.73. The first kappa shape index (κ1) is 51.0. The monoisotopic (exact) mass is 850 g/mol. The summed E-state index contributed by atoms with van der Waals surface area (Å²) < 4.78 is 25.0. The summed E-state index contributed by atoms with van der Waals surface area (Å²) >= 11 is 0. The molecule has 0 amide bonds. The van der Waals surface area contributed by atoms with Crippen LogP contribution < -0.4 is 0 Å². The Labute approximate surface area is 378 Å². The summed E-state index contributed by atoms with van der Waals surface area (Å²) in [6.07, 6.45) is 45.3. The zero-order valence-electron chi connectivity index (χ0n) is 41.1. The molecule has 1 saturated heterocycles. The van der Waals surface area contributed by atoms with Crippen LogP contribution >= 0.6 is 0 Å². The van der Waals surface area contributed by atoms with E-state index in [0.717, 1.165) is 114 Å². The predicted molar refractivity (Wildman–Crippen MR) is 259 cm³/mol. The van der Waals surface area contributed by atoms with E-state index in [2.05, 4.69) is 76.8 Å². The van der Waals surface area contributed by atoms with Gasteiger partial charge in [-0.1, -0.05) is 135 Å². The van der Waals surface area contributed by atoms with Crippen LogP contribution in [0.2, 0.25) is 0 Å². The smallest absolute Gasteiger partial charge is 0.0934 e. The van der Waals surface area contributed by atoms with Crippen LogP contribution in [-0.2, 0) is 18.9 Å². The fourth-order valence-corrected chi connectivity index (χ4v) is 13.1. The molecular weight excluding hydrogens is 751 g/mol. The van der Waals surface area contributed by atoms with E-state index in [1.54, 1.807) is 5.57 Å². The van der Waals surface area contributed by atoms with Crippen LogP contribution in [0.25, 0.3) is 0 Å². The van der Waals surface area contributed by atoms with Gasteiger partial charge in [0.15, 0.2) is 0 Å². The molecule has 0 N–H and O–H groups in total. The molecule has 0 radical (unpaired) electrons. The van der Waals surface area contributed by atoms with Crippen LogP contribution in [0, 0.1) is 46.3 Å². The van der Waals surface area contributed by atoms with E-state index in [4.69, 9.17) is 18.9 Å².